The van der Waals surface area contributed by atoms with Crippen molar-refractivity contribution in [1.29, 1.82) is 0 Å². The molecule has 4 rings (SSSR count). The first kappa shape index (κ1) is 16.2. The van der Waals surface area contributed by atoms with Crippen LogP contribution in [0.5, 0.6) is 5.75 Å². The highest BCUT2D eigenvalue weighted by Crippen LogP contribution is 2.33. The lowest BCUT2D eigenvalue weighted by Crippen LogP contribution is -2.13. The molecule has 4 nitrogen and oxygen atoms in total. The Hall–Kier alpha value is -2.33. The molecule has 1 aliphatic carbocycles. The van der Waals surface area contributed by atoms with Crippen molar-refractivity contribution >= 4 is 11.6 Å². The predicted molar refractivity (Wildman–Crippen MR) is 99.2 cm³/mol. The Balaban J connectivity index is 1.26. The lowest BCUT2D eigenvalue weighted by molar-refractivity contribution is 0.102. The van der Waals surface area contributed by atoms with Crippen molar-refractivity contribution < 1.29 is 9.53 Å². The molecular formula is C21H24N2O2. The average Bonchev–Trinajstić information content (AvgIpc) is 3.53. The summed E-state index contributed by atoms with van der Waals surface area (Å²) in [6.07, 6.45) is 2.81. The van der Waals surface area contributed by atoms with E-state index in [1.165, 1.54) is 25.9 Å². The lowest BCUT2D eigenvalue weighted by atomic mass is 10.1. The summed E-state index contributed by atoms with van der Waals surface area (Å²) in [5, 5.41) is 2.92. The number of nitrogens with one attached hydrogen (secondary N) is 1. The Labute approximate surface area is 148 Å². The van der Waals surface area contributed by atoms with Crippen LogP contribution in [-0.4, -0.2) is 36.5 Å². The summed E-state index contributed by atoms with van der Waals surface area (Å²) in [6.45, 7) is 5.15. The van der Waals surface area contributed by atoms with Gasteiger partial charge in [0.15, 0.2) is 0 Å². The molecule has 1 heterocycles. The number of ether oxygens (including phenoxy) is 1. The summed E-state index contributed by atoms with van der Waals surface area (Å²) in [7, 11) is 0. The Morgan fingerprint density at radius 2 is 2.00 bits per heavy atom. The van der Waals surface area contributed by atoms with Crippen molar-refractivity contribution in [3.63, 3.8) is 0 Å². The standard InChI is InChI=1S/C21H24N2O2/c1-15-3-2-4-17(11-15)21(24)22-18-7-9-20(10-8-18)25-14-19-13-23(19)12-16-5-6-16/h2-4,7-11,16,19H,5-6,12-14H2,1H3,(H,22,24). The van der Waals surface area contributed by atoms with Crippen molar-refractivity contribution in [2.24, 2.45) is 5.92 Å². The van der Waals surface area contributed by atoms with Crippen molar-refractivity contribution in [2.45, 2.75) is 25.8 Å². The summed E-state index contributed by atoms with van der Waals surface area (Å²) in [6, 6.07) is 15.8. The molecule has 1 amide bonds. The van der Waals surface area contributed by atoms with Gasteiger partial charge in [0.05, 0.1) is 6.04 Å². The molecule has 4 heteroatoms. The van der Waals surface area contributed by atoms with E-state index in [0.29, 0.717) is 11.6 Å². The van der Waals surface area contributed by atoms with Crippen LogP contribution in [0.1, 0.15) is 28.8 Å². The number of hydrogen-bond donors (Lipinski definition) is 1. The smallest absolute Gasteiger partial charge is 0.255 e. The molecule has 2 fully saturated rings. The maximum atomic E-state index is 12.3. The number of carbonyl (C=O) groups excluding carboxylic acids is 1. The maximum absolute atomic E-state index is 12.3. The van der Waals surface area contributed by atoms with Gasteiger partial charge in [-0.25, -0.2) is 0 Å². The van der Waals surface area contributed by atoms with Gasteiger partial charge in [-0.3, -0.25) is 9.69 Å². The van der Waals surface area contributed by atoms with E-state index in [1.54, 1.807) is 0 Å². The zero-order valence-corrected chi connectivity index (χ0v) is 14.6. The topological polar surface area (TPSA) is 41.3 Å². The van der Waals surface area contributed by atoms with E-state index in [0.717, 1.165) is 29.5 Å². The van der Waals surface area contributed by atoms with Crippen LogP contribution in [0.3, 0.4) is 0 Å². The third-order valence-electron chi connectivity index (χ3n) is 4.85. The number of hydrogen-bond acceptors (Lipinski definition) is 3. The van der Waals surface area contributed by atoms with Crippen LogP contribution in [-0.2, 0) is 0 Å². The Morgan fingerprint density at radius 3 is 2.72 bits per heavy atom. The van der Waals surface area contributed by atoms with Gasteiger partial charge >= 0.3 is 0 Å². The van der Waals surface area contributed by atoms with Crippen molar-refractivity contribution in [1.82, 2.24) is 4.90 Å². The van der Waals surface area contributed by atoms with Gasteiger partial charge in [0.1, 0.15) is 12.4 Å². The van der Waals surface area contributed by atoms with Gasteiger partial charge in [-0.15, -0.1) is 0 Å². The minimum atomic E-state index is -0.0916. The molecule has 130 valence electrons. The van der Waals surface area contributed by atoms with E-state index in [9.17, 15) is 4.79 Å². The van der Waals surface area contributed by atoms with E-state index in [1.807, 2.05) is 55.5 Å². The van der Waals surface area contributed by atoms with Gasteiger partial charge in [0.25, 0.3) is 5.91 Å². The molecule has 2 aliphatic rings. The van der Waals surface area contributed by atoms with Gasteiger partial charge in [0, 0.05) is 24.3 Å². The molecule has 1 N–H and O–H groups in total. The number of benzene rings is 2. The third kappa shape index (κ3) is 4.40. The van der Waals surface area contributed by atoms with E-state index in [2.05, 4.69) is 10.2 Å². The molecule has 1 aliphatic heterocycles. The highest BCUT2D eigenvalue weighted by Gasteiger charge is 2.38. The van der Waals surface area contributed by atoms with Gasteiger partial charge < -0.3 is 10.1 Å². The third-order valence-corrected chi connectivity index (χ3v) is 4.85. The quantitative estimate of drug-likeness (QED) is 0.784. The molecule has 2 atom stereocenters. The van der Waals surface area contributed by atoms with Crippen LogP contribution >= 0.6 is 0 Å². The van der Waals surface area contributed by atoms with Crippen LogP contribution in [0.4, 0.5) is 5.69 Å². The number of nitrogens with zero attached hydrogens (tertiary/aromatic N) is 1. The molecule has 0 radical (unpaired) electrons. The summed E-state index contributed by atoms with van der Waals surface area (Å²) in [5.74, 6) is 1.71. The monoisotopic (exact) mass is 336 g/mol. The molecule has 2 aromatic carbocycles. The Kier molecular flexibility index (Phi) is 4.45. The van der Waals surface area contributed by atoms with Crippen LogP contribution in [0.25, 0.3) is 0 Å². The lowest BCUT2D eigenvalue weighted by Gasteiger charge is -2.09. The molecule has 0 aromatic heterocycles. The predicted octanol–water partition coefficient (Wildman–Crippen LogP) is 3.72. The van der Waals surface area contributed by atoms with Crippen molar-refractivity contribution in [3.8, 4) is 5.75 Å². The largest absolute Gasteiger partial charge is 0.492 e. The van der Waals surface area contributed by atoms with Crippen LogP contribution in [0.2, 0.25) is 0 Å². The molecule has 1 saturated heterocycles. The fraction of sp³-hybridized carbons (Fsp3) is 0.381. The summed E-state index contributed by atoms with van der Waals surface area (Å²) in [4.78, 5) is 14.8. The SMILES string of the molecule is Cc1cccc(C(=O)Nc2ccc(OCC3CN3CC3CC3)cc2)c1. The van der Waals surface area contributed by atoms with Gasteiger partial charge in [0.2, 0.25) is 0 Å². The number of rotatable bonds is 7. The molecule has 2 aromatic rings. The fourth-order valence-electron chi connectivity index (χ4n) is 3.05. The second-order valence-corrected chi connectivity index (χ2v) is 7.21. The summed E-state index contributed by atoms with van der Waals surface area (Å²) < 4.78 is 5.87. The second kappa shape index (κ2) is 6.89. The minimum Gasteiger partial charge on any atom is -0.492 e. The second-order valence-electron chi connectivity index (χ2n) is 7.21. The summed E-state index contributed by atoms with van der Waals surface area (Å²) in [5.41, 5.74) is 2.53. The number of carbonyl (C=O) groups is 1. The Bertz CT molecular complexity index is 753. The first-order chi connectivity index (χ1) is 12.2. The van der Waals surface area contributed by atoms with Crippen molar-refractivity contribution in [2.75, 3.05) is 25.0 Å². The van der Waals surface area contributed by atoms with E-state index in [-0.39, 0.29) is 5.91 Å². The average molecular weight is 336 g/mol. The normalized spacial score (nSPS) is 21.6. The van der Waals surface area contributed by atoms with E-state index >= 15 is 0 Å². The highest BCUT2D eigenvalue weighted by atomic mass is 16.5. The summed E-state index contributed by atoms with van der Waals surface area (Å²) >= 11 is 0. The first-order valence-electron chi connectivity index (χ1n) is 9.02. The number of amides is 1. The zero-order valence-electron chi connectivity index (χ0n) is 14.6. The molecule has 0 spiro atoms. The Morgan fingerprint density at radius 1 is 1.20 bits per heavy atom. The molecule has 25 heavy (non-hydrogen) atoms. The van der Waals surface area contributed by atoms with Crippen LogP contribution < -0.4 is 10.1 Å². The molecule has 0 bridgehead atoms. The van der Waals surface area contributed by atoms with Gasteiger partial charge in [-0.05, 0) is 62.1 Å². The molecule has 2 unspecified atom stereocenters. The fourth-order valence-corrected chi connectivity index (χ4v) is 3.05. The molecule has 1 saturated carbocycles. The highest BCUT2D eigenvalue weighted by molar-refractivity contribution is 6.04. The maximum Gasteiger partial charge on any atom is 0.255 e. The molecular weight excluding hydrogens is 312 g/mol. The first-order valence-corrected chi connectivity index (χ1v) is 9.02. The van der Waals surface area contributed by atoms with Gasteiger partial charge in [-0.1, -0.05) is 17.7 Å². The van der Waals surface area contributed by atoms with Crippen molar-refractivity contribution in [3.05, 3.63) is 59.7 Å². The van der Waals surface area contributed by atoms with Crippen LogP contribution in [0.15, 0.2) is 48.5 Å². The zero-order chi connectivity index (χ0) is 17.2. The van der Waals surface area contributed by atoms with E-state index in [4.69, 9.17) is 4.74 Å². The van der Waals surface area contributed by atoms with E-state index < -0.39 is 0 Å². The minimum absolute atomic E-state index is 0.0916. The van der Waals surface area contributed by atoms with Gasteiger partial charge in [-0.2, -0.15) is 0 Å². The number of anilines is 1. The number of aryl methyl sites for hydroxylation is 1. The van der Waals surface area contributed by atoms with Crippen LogP contribution in [0, 0.1) is 12.8 Å².